The number of hydroxylamine groups is 2. The molecule has 1 atom stereocenters. The van der Waals surface area contributed by atoms with E-state index in [1.807, 2.05) is 41.5 Å². The van der Waals surface area contributed by atoms with Crippen LogP contribution in [0.4, 0.5) is 0 Å². The third-order valence-corrected chi connectivity index (χ3v) is 4.17. The van der Waals surface area contributed by atoms with Gasteiger partial charge in [0.05, 0.1) is 18.5 Å². The molecular weight excluding hydrogens is 300 g/mol. The maximum absolute atomic E-state index is 9.29. The summed E-state index contributed by atoms with van der Waals surface area (Å²) in [4.78, 5) is 0. The van der Waals surface area contributed by atoms with Crippen LogP contribution in [0.2, 0.25) is 19.6 Å². The normalized spacial score (nSPS) is 12.8. The van der Waals surface area contributed by atoms with Gasteiger partial charge >= 0.3 is 0 Å². The minimum Gasteiger partial charge on any atom is -0.342 e. The first-order valence-electron chi connectivity index (χ1n) is 7.91. The zero-order valence-corrected chi connectivity index (χ0v) is 15.1. The Hall–Kier alpha value is -1.93. The van der Waals surface area contributed by atoms with E-state index in [-0.39, 0.29) is 6.04 Å². The van der Waals surface area contributed by atoms with E-state index >= 15 is 0 Å². The van der Waals surface area contributed by atoms with E-state index in [4.69, 9.17) is 4.53 Å². The van der Waals surface area contributed by atoms with Gasteiger partial charge in [0.15, 0.2) is 0 Å². The lowest BCUT2D eigenvalue weighted by Gasteiger charge is -2.35. The van der Waals surface area contributed by atoms with Crippen molar-refractivity contribution in [3.63, 3.8) is 0 Å². The maximum Gasteiger partial charge on any atom is 0.212 e. The van der Waals surface area contributed by atoms with Crippen LogP contribution in [-0.4, -0.2) is 13.4 Å². The van der Waals surface area contributed by atoms with Crippen molar-refractivity contribution >= 4 is 8.32 Å². The Bertz CT molecular complexity index is 632. The molecule has 0 aromatic heterocycles. The molecule has 0 aliphatic carbocycles. The molecule has 120 valence electrons. The van der Waals surface area contributed by atoms with Crippen molar-refractivity contribution < 1.29 is 4.53 Å². The third kappa shape index (κ3) is 5.64. The summed E-state index contributed by atoms with van der Waals surface area (Å²) < 4.78 is 6.33. The summed E-state index contributed by atoms with van der Waals surface area (Å²) >= 11 is 0. The fourth-order valence-electron chi connectivity index (χ4n) is 2.47. The van der Waals surface area contributed by atoms with Crippen LogP contribution in [0.3, 0.4) is 0 Å². The Kier molecular flexibility index (Phi) is 6.11. The lowest BCUT2D eigenvalue weighted by Crippen LogP contribution is -2.39. The smallest absolute Gasteiger partial charge is 0.212 e. The molecule has 23 heavy (non-hydrogen) atoms. The van der Waals surface area contributed by atoms with Gasteiger partial charge < -0.3 is 4.53 Å². The van der Waals surface area contributed by atoms with Crippen LogP contribution in [0.1, 0.15) is 23.6 Å². The highest BCUT2D eigenvalue weighted by Crippen LogP contribution is 2.28. The average molecular weight is 325 g/mol. The second-order valence-corrected chi connectivity index (χ2v) is 11.0. The number of nitriles is 1. The van der Waals surface area contributed by atoms with E-state index in [1.54, 1.807) is 0 Å². The van der Waals surface area contributed by atoms with Crippen LogP contribution in [0.15, 0.2) is 60.7 Å². The van der Waals surface area contributed by atoms with Gasteiger partial charge in [-0.15, -0.1) is 0 Å². The van der Waals surface area contributed by atoms with E-state index in [9.17, 15) is 5.26 Å². The summed E-state index contributed by atoms with van der Waals surface area (Å²) in [5.74, 6) is 0. The minimum absolute atomic E-state index is 0.0619. The molecule has 2 rings (SSSR count). The maximum atomic E-state index is 9.29. The Morgan fingerprint density at radius 1 is 1.00 bits per heavy atom. The van der Waals surface area contributed by atoms with Crippen molar-refractivity contribution in [1.29, 1.82) is 5.26 Å². The third-order valence-electron chi connectivity index (χ3n) is 3.39. The molecule has 4 heteroatoms. The van der Waals surface area contributed by atoms with Gasteiger partial charge in [-0.3, -0.25) is 0 Å². The lowest BCUT2D eigenvalue weighted by molar-refractivity contribution is -0.114. The molecule has 1 unspecified atom stereocenters. The molecule has 0 aliphatic rings. The zero-order chi connectivity index (χ0) is 16.7. The van der Waals surface area contributed by atoms with Gasteiger partial charge in [-0.2, -0.15) is 10.3 Å². The van der Waals surface area contributed by atoms with Crippen molar-refractivity contribution in [2.24, 2.45) is 0 Å². The second kappa shape index (κ2) is 8.07. The summed E-state index contributed by atoms with van der Waals surface area (Å²) in [7, 11) is -1.78. The summed E-state index contributed by atoms with van der Waals surface area (Å²) in [5, 5.41) is 11.3. The Balaban J connectivity index is 2.31. The van der Waals surface area contributed by atoms with E-state index in [0.29, 0.717) is 13.0 Å². The van der Waals surface area contributed by atoms with E-state index in [2.05, 4.69) is 50.0 Å². The molecule has 3 nitrogen and oxygen atoms in total. The minimum atomic E-state index is -1.78. The van der Waals surface area contributed by atoms with E-state index in [1.165, 1.54) is 5.56 Å². The van der Waals surface area contributed by atoms with Crippen molar-refractivity contribution in [3.05, 3.63) is 71.8 Å². The van der Waals surface area contributed by atoms with Crippen LogP contribution < -0.4 is 0 Å². The summed E-state index contributed by atoms with van der Waals surface area (Å²) in [6, 6.07) is 22.6. The molecule has 0 heterocycles. The number of hydrogen-bond acceptors (Lipinski definition) is 3. The van der Waals surface area contributed by atoms with Gasteiger partial charge in [-0.1, -0.05) is 60.7 Å². The van der Waals surface area contributed by atoms with Crippen molar-refractivity contribution in [2.45, 2.75) is 38.6 Å². The van der Waals surface area contributed by atoms with Crippen LogP contribution in [0.25, 0.3) is 0 Å². The van der Waals surface area contributed by atoms with E-state index in [0.717, 1.165) is 5.56 Å². The molecular formula is C19H24N2OSi. The largest absolute Gasteiger partial charge is 0.342 e. The van der Waals surface area contributed by atoms with Crippen LogP contribution in [-0.2, 0) is 11.1 Å². The molecule has 2 aromatic carbocycles. The standard InChI is InChI=1S/C19H24N2OSi/c1-23(2,3)22-21(16-17-10-6-4-7-11-17)19(14-15-20)18-12-8-5-9-13-18/h4-13,19H,14,16H2,1-3H3. The Labute approximate surface area is 140 Å². The van der Waals surface area contributed by atoms with Gasteiger partial charge in [-0.25, -0.2) is 0 Å². The van der Waals surface area contributed by atoms with Crippen molar-refractivity contribution in [3.8, 4) is 6.07 Å². The fraction of sp³-hybridized carbons (Fsp3) is 0.316. The Morgan fingerprint density at radius 3 is 2.09 bits per heavy atom. The predicted molar refractivity (Wildman–Crippen MR) is 95.8 cm³/mol. The number of nitrogens with zero attached hydrogens (tertiary/aromatic N) is 2. The van der Waals surface area contributed by atoms with Crippen LogP contribution >= 0.6 is 0 Å². The van der Waals surface area contributed by atoms with Gasteiger partial charge in [0.2, 0.25) is 8.32 Å². The predicted octanol–water partition coefficient (Wildman–Crippen LogP) is 4.91. The van der Waals surface area contributed by atoms with Crippen molar-refractivity contribution in [2.75, 3.05) is 0 Å². The number of hydrogen-bond donors (Lipinski definition) is 0. The molecule has 0 aliphatic heterocycles. The molecule has 0 N–H and O–H groups in total. The van der Waals surface area contributed by atoms with Gasteiger partial charge in [0.25, 0.3) is 0 Å². The lowest BCUT2D eigenvalue weighted by atomic mass is 10.0. The Morgan fingerprint density at radius 2 is 1.57 bits per heavy atom. The first-order chi connectivity index (χ1) is 11.0. The first kappa shape index (κ1) is 17.4. The molecule has 0 fully saturated rings. The summed E-state index contributed by atoms with van der Waals surface area (Å²) in [5.41, 5.74) is 2.30. The number of rotatable bonds is 7. The van der Waals surface area contributed by atoms with Gasteiger partial charge in [0.1, 0.15) is 0 Å². The molecule has 0 bridgehead atoms. The molecule has 0 amide bonds. The highest BCUT2D eigenvalue weighted by atomic mass is 28.4. The molecule has 0 spiro atoms. The highest BCUT2D eigenvalue weighted by Gasteiger charge is 2.27. The topological polar surface area (TPSA) is 36.3 Å². The molecule has 0 saturated heterocycles. The molecule has 0 radical (unpaired) electrons. The van der Waals surface area contributed by atoms with Gasteiger partial charge in [-0.05, 0) is 30.8 Å². The zero-order valence-electron chi connectivity index (χ0n) is 14.1. The van der Waals surface area contributed by atoms with Crippen LogP contribution in [0.5, 0.6) is 0 Å². The first-order valence-corrected chi connectivity index (χ1v) is 11.3. The quantitative estimate of drug-likeness (QED) is 0.536. The number of benzene rings is 2. The van der Waals surface area contributed by atoms with Crippen LogP contribution in [0, 0.1) is 11.3 Å². The SMILES string of the molecule is C[Si](C)(C)ON(Cc1ccccc1)C(CC#N)c1ccccc1. The summed E-state index contributed by atoms with van der Waals surface area (Å²) in [6.45, 7) is 7.17. The van der Waals surface area contributed by atoms with Gasteiger partial charge in [0, 0.05) is 6.54 Å². The molecule has 0 saturated carbocycles. The van der Waals surface area contributed by atoms with E-state index < -0.39 is 8.32 Å². The van der Waals surface area contributed by atoms with Crippen molar-refractivity contribution in [1.82, 2.24) is 5.06 Å². The second-order valence-electron chi connectivity index (χ2n) is 6.55. The average Bonchev–Trinajstić information content (AvgIpc) is 2.52. The molecule has 2 aromatic rings. The monoisotopic (exact) mass is 324 g/mol. The fourth-order valence-corrected chi connectivity index (χ4v) is 3.36. The highest BCUT2D eigenvalue weighted by molar-refractivity contribution is 6.69. The summed E-state index contributed by atoms with van der Waals surface area (Å²) in [6.07, 6.45) is 0.404.